The fraction of sp³-hybridized carbons (Fsp3) is 0.300. The number of aliphatic hydroxyl groups is 1. The predicted octanol–water partition coefficient (Wildman–Crippen LogP) is 4.54. The van der Waals surface area contributed by atoms with Crippen molar-refractivity contribution in [1.82, 2.24) is 4.57 Å². The van der Waals surface area contributed by atoms with Gasteiger partial charge < -0.3 is 14.6 Å². The Morgan fingerprint density at radius 3 is 2.57 bits per heavy atom. The van der Waals surface area contributed by atoms with Gasteiger partial charge in [-0.05, 0) is 38.1 Å². The lowest BCUT2D eigenvalue weighted by molar-refractivity contribution is 0.298. The Labute approximate surface area is 137 Å². The van der Waals surface area contributed by atoms with Gasteiger partial charge in [-0.2, -0.15) is 0 Å². The summed E-state index contributed by atoms with van der Waals surface area (Å²) < 4.78 is 2.36. The number of hydrogen-bond acceptors (Lipinski definition) is 2. The Morgan fingerprint density at radius 1 is 1.13 bits per heavy atom. The highest BCUT2D eigenvalue weighted by Gasteiger charge is 2.12. The average molecular weight is 308 g/mol. The number of benzene rings is 2. The summed E-state index contributed by atoms with van der Waals surface area (Å²) in [5, 5.41) is 11.8. The number of fused-ring (bicyclic) bond motifs is 3. The fourth-order valence-electron chi connectivity index (χ4n) is 3.38. The Kier molecular flexibility index (Phi) is 4.39. The number of anilines is 1. The molecule has 0 aliphatic carbocycles. The highest BCUT2D eigenvalue weighted by molar-refractivity contribution is 6.09. The molecule has 0 bridgehead atoms. The van der Waals surface area contributed by atoms with E-state index >= 15 is 0 Å². The minimum absolute atomic E-state index is 0.168. The molecule has 0 aliphatic rings. The minimum Gasteiger partial charge on any atom is -0.396 e. The van der Waals surface area contributed by atoms with E-state index in [0.717, 1.165) is 17.9 Å². The molecule has 1 heterocycles. The van der Waals surface area contributed by atoms with Gasteiger partial charge in [-0.1, -0.05) is 24.3 Å². The summed E-state index contributed by atoms with van der Waals surface area (Å²) >= 11 is 0. The van der Waals surface area contributed by atoms with Crippen LogP contribution in [0.4, 0.5) is 5.69 Å². The van der Waals surface area contributed by atoms with Crippen LogP contribution in [0.3, 0.4) is 0 Å². The Hall–Kier alpha value is -2.26. The summed E-state index contributed by atoms with van der Waals surface area (Å²) in [6, 6.07) is 15.2. The van der Waals surface area contributed by atoms with Crippen LogP contribution >= 0.6 is 0 Å². The van der Waals surface area contributed by atoms with Crippen LogP contribution in [0, 0.1) is 0 Å². The number of hydrogen-bond donors (Lipinski definition) is 1. The number of allylic oxidation sites excluding steroid dienone is 1. The molecule has 120 valence electrons. The van der Waals surface area contributed by atoms with Crippen molar-refractivity contribution in [3.05, 3.63) is 54.2 Å². The molecule has 3 nitrogen and oxygen atoms in total. The molecule has 2 aromatic carbocycles. The highest BCUT2D eigenvalue weighted by Crippen LogP contribution is 2.32. The quantitative estimate of drug-likeness (QED) is 0.749. The van der Waals surface area contributed by atoms with Gasteiger partial charge in [0.05, 0.1) is 0 Å². The molecule has 3 aromatic rings. The highest BCUT2D eigenvalue weighted by atomic mass is 16.3. The molecule has 0 unspecified atom stereocenters. The monoisotopic (exact) mass is 308 g/mol. The van der Waals surface area contributed by atoms with E-state index in [0.29, 0.717) is 6.42 Å². The zero-order valence-corrected chi connectivity index (χ0v) is 14.1. The molecule has 0 atom stereocenters. The molecule has 0 saturated heterocycles. The second-order valence-corrected chi connectivity index (χ2v) is 5.78. The van der Waals surface area contributed by atoms with E-state index in [1.807, 2.05) is 6.92 Å². The van der Waals surface area contributed by atoms with Crippen molar-refractivity contribution in [3.8, 4) is 0 Å². The first kappa shape index (κ1) is 15.6. The number of rotatable bonds is 5. The van der Waals surface area contributed by atoms with E-state index in [2.05, 4.69) is 72.0 Å². The molecule has 0 fully saturated rings. The molecule has 0 saturated carbocycles. The minimum atomic E-state index is 0.168. The molecule has 3 rings (SSSR count). The third kappa shape index (κ3) is 2.62. The Bertz CT molecular complexity index is 861. The van der Waals surface area contributed by atoms with Gasteiger partial charge in [0, 0.05) is 59.8 Å². The van der Waals surface area contributed by atoms with Crippen molar-refractivity contribution in [2.75, 3.05) is 18.6 Å². The van der Waals surface area contributed by atoms with Crippen LogP contribution in [0.15, 0.2) is 54.2 Å². The molecule has 0 aliphatic heterocycles. The van der Waals surface area contributed by atoms with E-state index in [1.54, 1.807) is 0 Å². The Balaban J connectivity index is 2.17. The van der Waals surface area contributed by atoms with Gasteiger partial charge in [-0.25, -0.2) is 0 Å². The summed E-state index contributed by atoms with van der Waals surface area (Å²) in [7, 11) is 2.06. The van der Waals surface area contributed by atoms with Crippen molar-refractivity contribution < 1.29 is 5.11 Å². The summed E-state index contributed by atoms with van der Waals surface area (Å²) in [4.78, 5) is 2.16. The first-order chi connectivity index (χ1) is 11.2. The summed E-state index contributed by atoms with van der Waals surface area (Å²) in [5.41, 5.74) is 4.84. The van der Waals surface area contributed by atoms with Gasteiger partial charge in [0.15, 0.2) is 0 Å². The van der Waals surface area contributed by atoms with E-state index in [-0.39, 0.29) is 6.61 Å². The van der Waals surface area contributed by atoms with Crippen molar-refractivity contribution in [2.45, 2.75) is 26.8 Å². The number of para-hydroxylation sites is 1. The number of aromatic nitrogens is 1. The maximum absolute atomic E-state index is 9.24. The van der Waals surface area contributed by atoms with Crippen LogP contribution in [-0.4, -0.2) is 23.3 Å². The summed E-state index contributed by atoms with van der Waals surface area (Å²) in [6.45, 7) is 5.33. The summed E-state index contributed by atoms with van der Waals surface area (Å²) in [6.07, 6.45) is 2.73. The topological polar surface area (TPSA) is 28.4 Å². The van der Waals surface area contributed by atoms with Crippen LogP contribution in [-0.2, 0) is 6.54 Å². The van der Waals surface area contributed by atoms with Gasteiger partial charge >= 0.3 is 0 Å². The third-order valence-corrected chi connectivity index (χ3v) is 4.59. The van der Waals surface area contributed by atoms with E-state index < -0.39 is 0 Å². The molecular formula is C20H24N2O. The lowest BCUT2D eigenvalue weighted by atomic mass is 10.1. The van der Waals surface area contributed by atoms with Crippen LogP contribution in [0.25, 0.3) is 21.8 Å². The second-order valence-electron chi connectivity index (χ2n) is 5.78. The van der Waals surface area contributed by atoms with Crippen LogP contribution in [0.1, 0.15) is 20.3 Å². The van der Waals surface area contributed by atoms with E-state index in [4.69, 9.17) is 0 Å². The molecule has 0 amide bonds. The van der Waals surface area contributed by atoms with Crippen molar-refractivity contribution in [1.29, 1.82) is 0 Å². The SMILES string of the molecule is C/C=C(/CCO)N(C)c1ccc2c(c1)c1ccccc1n2CC. The third-order valence-electron chi connectivity index (χ3n) is 4.59. The standard InChI is InChI=1S/C20H24N2O/c1-4-15(12-13-23)21(3)16-10-11-20-18(14-16)17-8-6-7-9-19(17)22(20)5-2/h4,6-11,14,23H,5,12-13H2,1-3H3/b15-4-. The van der Waals surface area contributed by atoms with Crippen molar-refractivity contribution >= 4 is 27.5 Å². The van der Waals surface area contributed by atoms with Gasteiger partial charge in [-0.15, -0.1) is 0 Å². The van der Waals surface area contributed by atoms with Crippen molar-refractivity contribution in [2.24, 2.45) is 0 Å². The summed E-state index contributed by atoms with van der Waals surface area (Å²) in [5.74, 6) is 0. The molecule has 23 heavy (non-hydrogen) atoms. The van der Waals surface area contributed by atoms with Crippen LogP contribution in [0.2, 0.25) is 0 Å². The fourth-order valence-corrected chi connectivity index (χ4v) is 3.38. The predicted molar refractivity (Wildman–Crippen MR) is 99.0 cm³/mol. The number of aliphatic hydroxyl groups excluding tert-OH is 1. The molecule has 3 heteroatoms. The van der Waals surface area contributed by atoms with Crippen LogP contribution < -0.4 is 4.90 Å². The number of aryl methyl sites for hydroxylation is 1. The lowest BCUT2D eigenvalue weighted by Gasteiger charge is -2.22. The second kappa shape index (κ2) is 6.47. The normalized spacial score (nSPS) is 12.3. The average Bonchev–Trinajstić information content (AvgIpc) is 2.92. The molecule has 0 radical (unpaired) electrons. The van der Waals surface area contributed by atoms with Crippen molar-refractivity contribution in [3.63, 3.8) is 0 Å². The zero-order valence-electron chi connectivity index (χ0n) is 14.1. The molecule has 1 aromatic heterocycles. The number of nitrogens with zero attached hydrogens (tertiary/aromatic N) is 2. The first-order valence-corrected chi connectivity index (χ1v) is 8.22. The van der Waals surface area contributed by atoms with E-state index in [9.17, 15) is 5.11 Å². The van der Waals surface area contributed by atoms with Gasteiger partial charge in [0.2, 0.25) is 0 Å². The largest absolute Gasteiger partial charge is 0.396 e. The molecular weight excluding hydrogens is 284 g/mol. The lowest BCUT2D eigenvalue weighted by Crippen LogP contribution is -2.17. The Morgan fingerprint density at radius 2 is 1.87 bits per heavy atom. The molecule has 0 spiro atoms. The smallest absolute Gasteiger partial charge is 0.0492 e. The van der Waals surface area contributed by atoms with Gasteiger partial charge in [-0.3, -0.25) is 0 Å². The zero-order chi connectivity index (χ0) is 16.4. The maximum Gasteiger partial charge on any atom is 0.0492 e. The van der Waals surface area contributed by atoms with Gasteiger partial charge in [0.1, 0.15) is 0 Å². The first-order valence-electron chi connectivity index (χ1n) is 8.22. The van der Waals surface area contributed by atoms with E-state index in [1.165, 1.54) is 21.8 Å². The maximum atomic E-state index is 9.24. The van der Waals surface area contributed by atoms with Gasteiger partial charge in [0.25, 0.3) is 0 Å². The molecule has 1 N–H and O–H groups in total. The van der Waals surface area contributed by atoms with Crippen LogP contribution in [0.5, 0.6) is 0 Å².